The van der Waals surface area contributed by atoms with Crippen molar-refractivity contribution in [1.29, 1.82) is 0 Å². The summed E-state index contributed by atoms with van der Waals surface area (Å²) in [6.07, 6.45) is 0.624. The minimum atomic E-state index is -4.02. The minimum Gasteiger partial charge on any atom is -0.488 e. The quantitative estimate of drug-likeness (QED) is 0.487. The minimum absolute atomic E-state index is 0.0260. The second-order valence-corrected chi connectivity index (χ2v) is 11.7. The first-order chi connectivity index (χ1) is 17.5. The number of carboxylic acids is 1. The number of aromatic carboxylic acids is 1. The lowest BCUT2D eigenvalue weighted by molar-refractivity contribution is 0.0690. The Hall–Kier alpha value is -3.50. The highest BCUT2D eigenvalue weighted by atomic mass is 32.2. The van der Waals surface area contributed by atoms with Crippen LogP contribution in [0.1, 0.15) is 36.2 Å². The zero-order chi connectivity index (χ0) is 26.6. The molecule has 194 valence electrons. The van der Waals surface area contributed by atoms with Crippen LogP contribution in [0.15, 0.2) is 53.4 Å². The molecule has 0 fully saturated rings. The van der Waals surface area contributed by atoms with Crippen LogP contribution < -0.4 is 9.64 Å². The van der Waals surface area contributed by atoms with Crippen LogP contribution in [-0.4, -0.2) is 43.4 Å². The first-order valence-electron chi connectivity index (χ1n) is 11.9. The summed E-state index contributed by atoms with van der Waals surface area (Å²) in [5, 5.41) is 9.40. The second kappa shape index (κ2) is 9.11. The van der Waals surface area contributed by atoms with Gasteiger partial charge in [-0.3, -0.25) is 0 Å². The first kappa shape index (κ1) is 25.2. The SMILES string of the molecule is CC(C)C[C@@H]1CN(c2ccccc2)c2cc3c(cc2S(=O)(=O)N1C)-c1cc(C(=O)O)c(F)c(F)c1CO3. The Kier molecular flexibility index (Phi) is 6.19. The number of sulfonamides is 1. The van der Waals surface area contributed by atoms with Crippen LogP contribution in [0.5, 0.6) is 5.75 Å². The maximum absolute atomic E-state index is 14.8. The van der Waals surface area contributed by atoms with Gasteiger partial charge in [-0.2, -0.15) is 4.31 Å². The van der Waals surface area contributed by atoms with E-state index in [4.69, 9.17) is 4.74 Å². The Labute approximate surface area is 213 Å². The molecule has 0 spiro atoms. The molecule has 1 N–H and O–H groups in total. The number of ether oxygens (including phenoxy) is 1. The fourth-order valence-electron chi connectivity index (χ4n) is 5.04. The van der Waals surface area contributed by atoms with Gasteiger partial charge in [-0.15, -0.1) is 0 Å². The maximum atomic E-state index is 14.8. The van der Waals surface area contributed by atoms with Gasteiger partial charge < -0.3 is 14.7 Å². The monoisotopic (exact) mass is 528 g/mol. The van der Waals surface area contributed by atoms with Crippen molar-refractivity contribution < 1.29 is 31.8 Å². The molecular weight excluding hydrogens is 502 g/mol. The van der Waals surface area contributed by atoms with Crippen molar-refractivity contribution in [1.82, 2.24) is 4.31 Å². The predicted molar refractivity (Wildman–Crippen MR) is 135 cm³/mol. The molecule has 0 amide bonds. The average Bonchev–Trinajstić information content (AvgIpc) is 2.93. The number of carboxylic acid groups (broad SMARTS) is 1. The zero-order valence-corrected chi connectivity index (χ0v) is 21.4. The summed E-state index contributed by atoms with van der Waals surface area (Å²) < 4.78 is 64.2. The van der Waals surface area contributed by atoms with E-state index in [1.54, 1.807) is 13.1 Å². The highest BCUT2D eigenvalue weighted by Gasteiger charge is 2.39. The molecule has 3 aromatic carbocycles. The maximum Gasteiger partial charge on any atom is 0.338 e. The van der Waals surface area contributed by atoms with Crippen molar-refractivity contribution >= 4 is 27.4 Å². The van der Waals surface area contributed by atoms with Crippen LogP contribution in [0, 0.1) is 17.6 Å². The van der Waals surface area contributed by atoms with Crippen molar-refractivity contribution in [3.05, 3.63) is 71.3 Å². The molecule has 10 heteroatoms. The largest absolute Gasteiger partial charge is 0.488 e. The number of halogens is 2. The molecule has 0 aromatic heterocycles. The first-order valence-corrected chi connectivity index (χ1v) is 13.3. The Bertz CT molecular complexity index is 1510. The Morgan fingerprint density at radius 3 is 2.46 bits per heavy atom. The summed E-state index contributed by atoms with van der Waals surface area (Å²) in [5.41, 5.74) is 0.475. The number of nitrogens with zero attached hydrogens (tertiary/aromatic N) is 2. The summed E-state index contributed by atoms with van der Waals surface area (Å²) in [4.78, 5) is 13.5. The second-order valence-electron chi connectivity index (χ2n) is 9.74. The van der Waals surface area contributed by atoms with E-state index in [2.05, 4.69) is 0 Å². The Balaban J connectivity index is 1.78. The third-order valence-electron chi connectivity index (χ3n) is 6.93. The van der Waals surface area contributed by atoms with Crippen LogP contribution >= 0.6 is 0 Å². The van der Waals surface area contributed by atoms with Gasteiger partial charge in [0.1, 0.15) is 17.3 Å². The van der Waals surface area contributed by atoms with E-state index >= 15 is 0 Å². The van der Waals surface area contributed by atoms with Gasteiger partial charge in [-0.05, 0) is 42.2 Å². The predicted octanol–water partition coefficient (Wildman–Crippen LogP) is 5.41. The van der Waals surface area contributed by atoms with Crippen molar-refractivity contribution in [3.63, 3.8) is 0 Å². The summed E-state index contributed by atoms with van der Waals surface area (Å²) >= 11 is 0. The van der Waals surface area contributed by atoms with Crippen LogP contribution in [0.4, 0.5) is 20.2 Å². The number of benzene rings is 3. The van der Waals surface area contributed by atoms with Gasteiger partial charge in [0.25, 0.3) is 0 Å². The molecule has 3 aromatic rings. The third kappa shape index (κ3) is 4.14. The van der Waals surface area contributed by atoms with Gasteiger partial charge >= 0.3 is 5.97 Å². The number of rotatable bonds is 4. The van der Waals surface area contributed by atoms with Crippen molar-refractivity contribution in [2.75, 3.05) is 18.5 Å². The highest BCUT2D eigenvalue weighted by molar-refractivity contribution is 7.89. The highest BCUT2D eigenvalue weighted by Crippen LogP contribution is 2.47. The number of para-hydroxylation sites is 1. The molecule has 7 nitrogen and oxygen atoms in total. The molecular formula is C27H26F2N2O5S. The van der Waals surface area contributed by atoms with Gasteiger partial charge in [-0.25, -0.2) is 22.0 Å². The van der Waals surface area contributed by atoms with Gasteiger partial charge in [0.15, 0.2) is 11.6 Å². The Morgan fingerprint density at radius 2 is 1.81 bits per heavy atom. The average molecular weight is 529 g/mol. The standard InChI is InChI=1S/C27H26F2N2O5S/c1-15(2)9-17-13-31(16-7-5-4-6-8-16)22-12-23-19(11-24(22)37(34,35)30(17)3)18-10-20(27(32)33)25(28)26(29)21(18)14-36-23/h4-8,10-12,15,17H,9,13-14H2,1-3H3,(H,32,33)/t17-/m1/s1. The van der Waals surface area contributed by atoms with E-state index in [0.29, 0.717) is 18.7 Å². The van der Waals surface area contributed by atoms with Gasteiger partial charge in [0, 0.05) is 42.5 Å². The van der Waals surface area contributed by atoms with Crippen molar-refractivity contribution in [2.45, 2.75) is 37.8 Å². The van der Waals surface area contributed by atoms with E-state index in [0.717, 1.165) is 11.8 Å². The lowest BCUT2D eigenvalue weighted by Crippen LogP contribution is -2.41. The lowest BCUT2D eigenvalue weighted by Gasteiger charge is -2.31. The number of carbonyl (C=O) groups is 1. The summed E-state index contributed by atoms with van der Waals surface area (Å²) in [5.74, 6) is -3.93. The van der Waals surface area contributed by atoms with Crippen LogP contribution in [0.3, 0.4) is 0 Å². The van der Waals surface area contributed by atoms with E-state index in [1.807, 2.05) is 49.1 Å². The number of fused-ring (bicyclic) bond motifs is 4. The molecule has 0 unspecified atom stereocenters. The van der Waals surface area contributed by atoms with E-state index in [9.17, 15) is 27.1 Å². The molecule has 1 atom stereocenters. The Morgan fingerprint density at radius 1 is 1.11 bits per heavy atom. The molecule has 2 heterocycles. The summed E-state index contributed by atoms with van der Waals surface area (Å²) in [6.45, 7) is 4.13. The zero-order valence-electron chi connectivity index (χ0n) is 20.5. The number of hydrogen-bond acceptors (Lipinski definition) is 5. The number of likely N-dealkylation sites (N-methyl/N-ethyl adjacent to an activating group) is 1. The van der Waals surface area contributed by atoms with Crippen LogP contribution in [-0.2, 0) is 16.6 Å². The van der Waals surface area contributed by atoms with Crippen LogP contribution in [0.2, 0.25) is 0 Å². The molecule has 2 aliphatic rings. The molecule has 0 aliphatic carbocycles. The van der Waals surface area contributed by atoms with Crippen molar-refractivity contribution in [3.8, 4) is 16.9 Å². The summed E-state index contributed by atoms with van der Waals surface area (Å²) in [7, 11) is -2.48. The molecule has 0 saturated carbocycles. The van der Waals surface area contributed by atoms with E-state index < -0.39 is 33.2 Å². The number of hydrogen-bond donors (Lipinski definition) is 1. The van der Waals surface area contributed by atoms with Crippen LogP contribution in [0.25, 0.3) is 11.1 Å². The molecule has 5 rings (SSSR count). The number of anilines is 2. The molecule has 2 aliphatic heterocycles. The smallest absolute Gasteiger partial charge is 0.338 e. The van der Waals surface area contributed by atoms with Gasteiger partial charge in [-0.1, -0.05) is 32.0 Å². The van der Waals surface area contributed by atoms with Gasteiger partial charge in [0.05, 0.1) is 11.3 Å². The molecule has 0 saturated heterocycles. The van der Waals surface area contributed by atoms with Crippen molar-refractivity contribution in [2.24, 2.45) is 5.92 Å². The fourth-order valence-corrected chi connectivity index (χ4v) is 6.60. The summed E-state index contributed by atoms with van der Waals surface area (Å²) in [6, 6.07) is 13.0. The molecule has 37 heavy (non-hydrogen) atoms. The third-order valence-corrected chi connectivity index (χ3v) is 8.87. The van der Waals surface area contributed by atoms with Gasteiger partial charge in [0.2, 0.25) is 10.0 Å². The molecule has 0 radical (unpaired) electrons. The normalized spacial score (nSPS) is 18.4. The van der Waals surface area contributed by atoms with E-state index in [1.165, 1.54) is 10.4 Å². The lowest BCUT2D eigenvalue weighted by atomic mass is 9.93. The fraction of sp³-hybridized carbons (Fsp3) is 0.296. The van der Waals surface area contributed by atoms with E-state index in [-0.39, 0.29) is 45.9 Å². The molecule has 0 bridgehead atoms. The topological polar surface area (TPSA) is 87.2 Å².